The maximum absolute atomic E-state index is 10.4. The number of rotatable bonds is 8. The molecule has 1 atom stereocenters. The van der Waals surface area contributed by atoms with E-state index in [0.717, 1.165) is 12.2 Å². The second-order valence-electron chi connectivity index (χ2n) is 6.42. The summed E-state index contributed by atoms with van der Waals surface area (Å²) in [6.45, 7) is 3.81. The largest absolute Gasteiger partial charge is 0.388 e. The minimum absolute atomic E-state index is 0.548. The van der Waals surface area contributed by atoms with Crippen molar-refractivity contribution in [3.8, 4) is 0 Å². The van der Waals surface area contributed by atoms with Crippen LogP contribution in [0, 0.1) is 0 Å². The van der Waals surface area contributed by atoms with Gasteiger partial charge in [-0.3, -0.25) is 4.68 Å². The highest BCUT2D eigenvalue weighted by Crippen LogP contribution is 2.27. The van der Waals surface area contributed by atoms with Crippen LogP contribution in [-0.2, 0) is 11.2 Å². The molecule has 1 aromatic heterocycles. The summed E-state index contributed by atoms with van der Waals surface area (Å²) < 4.78 is 7.09. The molecule has 21 heavy (non-hydrogen) atoms. The molecular weight excluding hydrogens is 266 g/mol. The molecule has 1 fully saturated rings. The maximum atomic E-state index is 10.4. The van der Waals surface area contributed by atoms with E-state index in [1.807, 2.05) is 13.0 Å². The van der Waals surface area contributed by atoms with Gasteiger partial charge in [-0.05, 0) is 25.8 Å². The lowest BCUT2D eigenvalue weighted by molar-refractivity contribution is 0.0569. The van der Waals surface area contributed by atoms with Crippen LogP contribution < -0.4 is 5.32 Å². The third-order valence-corrected chi connectivity index (χ3v) is 4.16. The van der Waals surface area contributed by atoms with Crippen molar-refractivity contribution in [3.05, 3.63) is 18.0 Å². The third-order valence-electron chi connectivity index (χ3n) is 4.16. The monoisotopic (exact) mass is 295 g/mol. The minimum atomic E-state index is -0.778. The van der Waals surface area contributed by atoms with Gasteiger partial charge in [0.25, 0.3) is 0 Å². The summed E-state index contributed by atoms with van der Waals surface area (Å²) in [5.41, 5.74) is 0.193. The molecule has 2 N–H and O–H groups in total. The number of aromatic nitrogens is 2. The van der Waals surface area contributed by atoms with Gasteiger partial charge in [0.05, 0.1) is 23.9 Å². The second-order valence-corrected chi connectivity index (χ2v) is 6.42. The molecule has 0 aliphatic heterocycles. The van der Waals surface area contributed by atoms with Crippen LogP contribution in [0.5, 0.6) is 0 Å². The van der Waals surface area contributed by atoms with Crippen molar-refractivity contribution < 1.29 is 9.84 Å². The second kappa shape index (κ2) is 7.92. The topological polar surface area (TPSA) is 59.3 Å². The van der Waals surface area contributed by atoms with Gasteiger partial charge >= 0.3 is 0 Å². The fraction of sp³-hybridized carbons (Fsp3) is 0.812. The Morgan fingerprint density at radius 3 is 2.90 bits per heavy atom. The van der Waals surface area contributed by atoms with Crippen molar-refractivity contribution in [3.63, 3.8) is 0 Å². The van der Waals surface area contributed by atoms with Crippen molar-refractivity contribution in [1.82, 2.24) is 15.1 Å². The van der Waals surface area contributed by atoms with E-state index in [4.69, 9.17) is 4.74 Å². The van der Waals surface area contributed by atoms with Crippen molar-refractivity contribution in [2.24, 2.45) is 0 Å². The molecule has 0 amide bonds. The van der Waals surface area contributed by atoms with E-state index in [-0.39, 0.29) is 0 Å². The van der Waals surface area contributed by atoms with E-state index >= 15 is 0 Å². The van der Waals surface area contributed by atoms with E-state index in [9.17, 15) is 5.11 Å². The standard InChI is InChI=1S/C16H29N3O2/c1-16(20,13-17-9-11-21-2)12-14-8-10-19(18-14)15-6-4-3-5-7-15/h8,10,15,17,20H,3-7,9,11-13H2,1-2H3. The van der Waals surface area contributed by atoms with Gasteiger partial charge in [0.1, 0.15) is 0 Å². The van der Waals surface area contributed by atoms with E-state index in [0.29, 0.717) is 25.6 Å². The van der Waals surface area contributed by atoms with Crippen molar-refractivity contribution >= 4 is 0 Å². The van der Waals surface area contributed by atoms with Crippen molar-refractivity contribution in [1.29, 1.82) is 0 Å². The zero-order valence-electron chi connectivity index (χ0n) is 13.3. The summed E-state index contributed by atoms with van der Waals surface area (Å²) in [5.74, 6) is 0. The Hall–Kier alpha value is -0.910. The lowest BCUT2D eigenvalue weighted by atomic mass is 9.96. The Balaban J connectivity index is 1.82. The lowest BCUT2D eigenvalue weighted by Crippen LogP contribution is -2.40. The molecule has 1 unspecified atom stereocenters. The smallest absolute Gasteiger partial charge is 0.0799 e. The van der Waals surface area contributed by atoms with Crippen LogP contribution in [0.1, 0.15) is 50.8 Å². The van der Waals surface area contributed by atoms with Crippen molar-refractivity contribution in [2.45, 2.75) is 57.1 Å². The van der Waals surface area contributed by atoms with Crippen LogP contribution in [0.3, 0.4) is 0 Å². The summed E-state index contributed by atoms with van der Waals surface area (Å²) in [5, 5.41) is 18.3. The van der Waals surface area contributed by atoms with Gasteiger partial charge in [0.15, 0.2) is 0 Å². The Kier molecular flexibility index (Phi) is 6.21. The molecule has 1 aromatic rings. The van der Waals surface area contributed by atoms with Gasteiger partial charge in [0.2, 0.25) is 0 Å². The number of nitrogens with zero attached hydrogens (tertiary/aromatic N) is 2. The number of hydrogen-bond acceptors (Lipinski definition) is 4. The molecule has 0 aromatic carbocycles. The molecule has 0 bridgehead atoms. The van der Waals surface area contributed by atoms with Crippen LogP contribution in [0.25, 0.3) is 0 Å². The first-order chi connectivity index (χ1) is 10.1. The highest BCUT2D eigenvalue weighted by molar-refractivity contribution is 5.04. The predicted molar refractivity (Wildman–Crippen MR) is 83.4 cm³/mol. The van der Waals surface area contributed by atoms with Crippen LogP contribution in [0.15, 0.2) is 12.3 Å². The summed E-state index contributed by atoms with van der Waals surface area (Å²) >= 11 is 0. The van der Waals surface area contributed by atoms with Gasteiger partial charge in [-0.25, -0.2) is 0 Å². The lowest BCUT2D eigenvalue weighted by Gasteiger charge is -2.23. The molecule has 1 heterocycles. The Morgan fingerprint density at radius 2 is 2.19 bits per heavy atom. The molecule has 0 radical (unpaired) electrons. The Bertz CT molecular complexity index is 411. The molecule has 120 valence electrons. The van der Waals surface area contributed by atoms with Crippen LogP contribution in [0.4, 0.5) is 0 Å². The molecule has 5 nitrogen and oxygen atoms in total. The van der Waals surface area contributed by atoms with Gasteiger partial charge in [0, 0.05) is 32.8 Å². The summed E-state index contributed by atoms with van der Waals surface area (Å²) in [7, 11) is 1.68. The molecule has 0 saturated heterocycles. The predicted octanol–water partition coefficient (Wildman–Crippen LogP) is 1.92. The number of hydrogen-bond donors (Lipinski definition) is 2. The maximum Gasteiger partial charge on any atom is 0.0799 e. The highest BCUT2D eigenvalue weighted by Gasteiger charge is 2.23. The van der Waals surface area contributed by atoms with Gasteiger partial charge in [-0.2, -0.15) is 5.10 Å². The van der Waals surface area contributed by atoms with E-state index in [1.165, 1.54) is 32.1 Å². The number of aliphatic hydroxyl groups is 1. The first kappa shape index (κ1) is 16.5. The Morgan fingerprint density at radius 1 is 1.43 bits per heavy atom. The quantitative estimate of drug-likeness (QED) is 0.719. The highest BCUT2D eigenvalue weighted by atomic mass is 16.5. The summed E-state index contributed by atoms with van der Waals surface area (Å²) in [4.78, 5) is 0. The summed E-state index contributed by atoms with van der Waals surface area (Å²) in [6.07, 6.45) is 9.08. The first-order valence-electron chi connectivity index (χ1n) is 8.07. The summed E-state index contributed by atoms with van der Waals surface area (Å²) in [6, 6.07) is 2.59. The molecule has 2 rings (SSSR count). The van der Waals surface area contributed by atoms with Gasteiger partial charge in [-0.1, -0.05) is 19.3 Å². The molecule has 5 heteroatoms. The normalized spacial score (nSPS) is 19.6. The average Bonchev–Trinajstić information content (AvgIpc) is 2.92. The van der Waals surface area contributed by atoms with Gasteiger partial charge < -0.3 is 15.2 Å². The minimum Gasteiger partial charge on any atom is -0.388 e. The first-order valence-corrected chi connectivity index (χ1v) is 8.07. The van der Waals surface area contributed by atoms with Gasteiger partial charge in [-0.15, -0.1) is 0 Å². The van der Waals surface area contributed by atoms with E-state index < -0.39 is 5.60 Å². The van der Waals surface area contributed by atoms with Crippen molar-refractivity contribution in [2.75, 3.05) is 26.8 Å². The molecule has 1 aliphatic rings. The number of nitrogens with one attached hydrogen (secondary N) is 1. The zero-order chi connectivity index (χ0) is 15.1. The number of ether oxygens (including phenoxy) is 1. The van der Waals surface area contributed by atoms with E-state index in [1.54, 1.807) is 7.11 Å². The van der Waals surface area contributed by atoms with Crippen LogP contribution in [0.2, 0.25) is 0 Å². The van der Waals surface area contributed by atoms with Crippen LogP contribution >= 0.6 is 0 Å². The zero-order valence-corrected chi connectivity index (χ0v) is 13.3. The third kappa shape index (κ3) is 5.41. The van der Waals surface area contributed by atoms with Crippen LogP contribution in [-0.4, -0.2) is 47.3 Å². The molecule has 1 saturated carbocycles. The fourth-order valence-electron chi connectivity index (χ4n) is 3.01. The molecule has 0 spiro atoms. The molecular formula is C16H29N3O2. The molecule has 1 aliphatic carbocycles. The fourth-order valence-corrected chi connectivity index (χ4v) is 3.01. The van der Waals surface area contributed by atoms with E-state index in [2.05, 4.69) is 21.3 Å². The average molecular weight is 295 g/mol. The Labute approximate surface area is 127 Å². The number of methoxy groups -OCH3 is 1. The SMILES string of the molecule is COCCNCC(C)(O)Cc1ccn(C2CCCCC2)n1.